The molecule has 1 fully saturated rings. The third-order valence-corrected chi connectivity index (χ3v) is 6.34. The number of morpholine rings is 1. The summed E-state index contributed by atoms with van der Waals surface area (Å²) in [5.74, 6) is 0.304. The number of methoxy groups -OCH3 is 2. The number of rotatable bonds is 6. The maximum atomic E-state index is 13.4. The molecule has 0 spiro atoms. The SMILES string of the molecule is COc1ccc2c(c1)CC(NC(=O)Nc1cc(N3CCOCC3)cc(C(O)C(F)(F)F)c1OC)C2O. The average Bonchev–Trinajstić information content (AvgIpc) is 3.16. The van der Waals surface area contributed by atoms with Crippen LogP contribution in [0.4, 0.5) is 29.3 Å². The third kappa shape index (κ3) is 5.30. The Bertz CT molecular complexity index is 1110. The lowest BCUT2D eigenvalue weighted by Crippen LogP contribution is -2.40. The molecule has 1 aliphatic heterocycles. The van der Waals surface area contributed by atoms with Crippen LogP contribution in [0.2, 0.25) is 0 Å². The van der Waals surface area contributed by atoms with Gasteiger partial charge in [-0.1, -0.05) is 6.07 Å². The van der Waals surface area contributed by atoms with Crippen LogP contribution in [0.5, 0.6) is 11.5 Å². The molecule has 9 nitrogen and oxygen atoms in total. The minimum atomic E-state index is -4.95. The molecular formula is C24H28F3N3O6. The van der Waals surface area contributed by atoms with Gasteiger partial charge in [-0.05, 0) is 41.8 Å². The minimum Gasteiger partial charge on any atom is -0.497 e. The van der Waals surface area contributed by atoms with Gasteiger partial charge in [-0.25, -0.2) is 4.79 Å². The molecule has 0 radical (unpaired) electrons. The zero-order valence-corrected chi connectivity index (χ0v) is 19.8. The molecule has 1 heterocycles. The molecule has 2 aliphatic rings. The van der Waals surface area contributed by atoms with Gasteiger partial charge in [0.25, 0.3) is 0 Å². The Morgan fingerprint density at radius 1 is 1.17 bits per heavy atom. The highest BCUT2D eigenvalue weighted by atomic mass is 19.4. The van der Waals surface area contributed by atoms with E-state index >= 15 is 0 Å². The Labute approximate surface area is 205 Å². The van der Waals surface area contributed by atoms with Gasteiger partial charge in [-0.15, -0.1) is 0 Å². The van der Waals surface area contributed by atoms with E-state index < -0.39 is 36.0 Å². The number of fused-ring (bicyclic) bond motifs is 1. The maximum absolute atomic E-state index is 13.4. The number of benzene rings is 2. The van der Waals surface area contributed by atoms with Gasteiger partial charge in [0.15, 0.2) is 6.10 Å². The van der Waals surface area contributed by atoms with Crippen molar-refractivity contribution in [1.29, 1.82) is 0 Å². The van der Waals surface area contributed by atoms with Crippen LogP contribution in [0.1, 0.15) is 28.9 Å². The van der Waals surface area contributed by atoms with Gasteiger partial charge in [-0.3, -0.25) is 0 Å². The second kappa shape index (κ2) is 10.4. The molecule has 0 aromatic heterocycles. The van der Waals surface area contributed by atoms with E-state index in [0.29, 0.717) is 49.7 Å². The van der Waals surface area contributed by atoms with E-state index in [1.54, 1.807) is 23.1 Å². The number of carbonyl (C=O) groups excluding carboxylic acids is 1. The van der Waals surface area contributed by atoms with Gasteiger partial charge < -0.3 is 40.0 Å². The van der Waals surface area contributed by atoms with Crippen molar-refractivity contribution in [3.8, 4) is 11.5 Å². The Morgan fingerprint density at radius 2 is 1.89 bits per heavy atom. The molecule has 3 atom stereocenters. The first-order valence-electron chi connectivity index (χ1n) is 11.3. The highest BCUT2D eigenvalue weighted by Crippen LogP contribution is 2.43. The molecule has 196 valence electrons. The van der Waals surface area contributed by atoms with E-state index in [1.807, 2.05) is 0 Å². The van der Waals surface area contributed by atoms with Crippen molar-refractivity contribution in [3.63, 3.8) is 0 Å². The van der Waals surface area contributed by atoms with Crippen LogP contribution in [0, 0.1) is 0 Å². The first-order valence-corrected chi connectivity index (χ1v) is 11.3. The number of nitrogens with one attached hydrogen (secondary N) is 2. The molecule has 2 aromatic rings. The Kier molecular flexibility index (Phi) is 7.48. The molecule has 1 saturated heterocycles. The molecule has 3 unspecified atom stereocenters. The van der Waals surface area contributed by atoms with Crippen LogP contribution >= 0.6 is 0 Å². The number of aliphatic hydroxyl groups excluding tert-OH is 2. The van der Waals surface area contributed by atoms with Crippen molar-refractivity contribution in [2.24, 2.45) is 0 Å². The molecule has 4 rings (SSSR count). The summed E-state index contributed by atoms with van der Waals surface area (Å²) in [5.41, 5.74) is 1.26. The molecule has 0 saturated carbocycles. The number of alkyl halides is 3. The number of hydrogen-bond acceptors (Lipinski definition) is 7. The summed E-state index contributed by atoms with van der Waals surface area (Å²) >= 11 is 0. The topological polar surface area (TPSA) is 113 Å². The molecule has 36 heavy (non-hydrogen) atoms. The highest BCUT2D eigenvalue weighted by Gasteiger charge is 2.42. The van der Waals surface area contributed by atoms with E-state index in [0.717, 1.165) is 12.7 Å². The van der Waals surface area contributed by atoms with Gasteiger partial charge >= 0.3 is 12.2 Å². The Balaban J connectivity index is 1.59. The van der Waals surface area contributed by atoms with Crippen molar-refractivity contribution in [2.75, 3.05) is 50.7 Å². The summed E-state index contributed by atoms with van der Waals surface area (Å²) in [4.78, 5) is 14.7. The van der Waals surface area contributed by atoms with Crippen molar-refractivity contribution in [2.45, 2.75) is 30.8 Å². The first-order chi connectivity index (χ1) is 17.1. The van der Waals surface area contributed by atoms with E-state index in [2.05, 4.69) is 10.6 Å². The normalized spacial score (nSPS) is 20.5. The number of amides is 2. The zero-order chi connectivity index (χ0) is 26.0. The van der Waals surface area contributed by atoms with Gasteiger partial charge in [0, 0.05) is 24.3 Å². The second-order valence-corrected chi connectivity index (χ2v) is 8.58. The van der Waals surface area contributed by atoms with Crippen LogP contribution in [-0.4, -0.2) is 69.0 Å². The van der Waals surface area contributed by atoms with Gasteiger partial charge in [0.1, 0.15) is 11.5 Å². The van der Waals surface area contributed by atoms with Gasteiger partial charge in [-0.2, -0.15) is 13.2 Å². The Hall–Kier alpha value is -3.22. The minimum absolute atomic E-state index is 0.0519. The van der Waals surface area contributed by atoms with Crippen LogP contribution in [0.3, 0.4) is 0 Å². The third-order valence-electron chi connectivity index (χ3n) is 6.34. The van der Waals surface area contributed by atoms with E-state index in [-0.39, 0.29) is 11.4 Å². The average molecular weight is 511 g/mol. The molecule has 2 amide bonds. The largest absolute Gasteiger partial charge is 0.497 e. The molecule has 0 bridgehead atoms. The number of anilines is 2. The van der Waals surface area contributed by atoms with E-state index in [9.17, 15) is 28.2 Å². The number of ether oxygens (including phenoxy) is 3. The first kappa shape index (κ1) is 25.9. The second-order valence-electron chi connectivity index (χ2n) is 8.58. The van der Waals surface area contributed by atoms with E-state index in [4.69, 9.17) is 14.2 Å². The maximum Gasteiger partial charge on any atom is 0.418 e. The summed E-state index contributed by atoms with van der Waals surface area (Å²) in [6.07, 6.45) is -8.40. The lowest BCUT2D eigenvalue weighted by atomic mass is 10.0. The number of urea groups is 1. The van der Waals surface area contributed by atoms with Crippen molar-refractivity contribution in [3.05, 3.63) is 47.0 Å². The fourth-order valence-electron chi connectivity index (χ4n) is 4.54. The number of halogens is 3. The number of aliphatic hydroxyl groups is 2. The fraction of sp³-hybridized carbons (Fsp3) is 0.458. The standard InChI is InChI=1S/C24H28F3N3O6/c1-34-15-3-4-16-13(9-15)10-18(20(16)31)28-23(33)29-19-12-14(30-5-7-36-8-6-30)11-17(21(19)35-2)22(32)24(25,26)27/h3-4,9,11-12,18,20,22,31-32H,5-8,10H2,1-2H3,(H2,28,29,33). The van der Waals surface area contributed by atoms with Crippen molar-refractivity contribution in [1.82, 2.24) is 5.32 Å². The number of hydrogen-bond donors (Lipinski definition) is 4. The fourth-order valence-corrected chi connectivity index (χ4v) is 4.54. The van der Waals surface area contributed by atoms with Crippen LogP contribution in [0.15, 0.2) is 30.3 Å². The molecule has 1 aliphatic carbocycles. The van der Waals surface area contributed by atoms with E-state index in [1.165, 1.54) is 19.2 Å². The molecule has 12 heteroatoms. The van der Waals surface area contributed by atoms with Crippen molar-refractivity contribution < 1.29 is 42.4 Å². The van der Waals surface area contributed by atoms with Gasteiger partial charge in [0.2, 0.25) is 0 Å². The summed E-state index contributed by atoms with van der Waals surface area (Å²) in [7, 11) is 2.68. The monoisotopic (exact) mass is 511 g/mol. The van der Waals surface area contributed by atoms with Crippen LogP contribution in [0.25, 0.3) is 0 Å². The highest BCUT2D eigenvalue weighted by molar-refractivity contribution is 5.92. The molecular weight excluding hydrogens is 483 g/mol. The smallest absolute Gasteiger partial charge is 0.418 e. The summed E-state index contributed by atoms with van der Waals surface area (Å²) in [6, 6.07) is 6.48. The lowest BCUT2D eigenvalue weighted by molar-refractivity contribution is -0.207. The predicted octanol–water partition coefficient (Wildman–Crippen LogP) is 2.92. The molecule has 4 N–H and O–H groups in total. The Morgan fingerprint density at radius 3 is 2.53 bits per heavy atom. The number of carbonyl (C=O) groups is 1. The lowest BCUT2D eigenvalue weighted by Gasteiger charge is -2.31. The predicted molar refractivity (Wildman–Crippen MR) is 125 cm³/mol. The van der Waals surface area contributed by atoms with Crippen LogP contribution in [-0.2, 0) is 11.2 Å². The molecule has 2 aromatic carbocycles. The summed E-state index contributed by atoms with van der Waals surface area (Å²) in [5, 5.41) is 25.9. The van der Waals surface area contributed by atoms with Gasteiger partial charge in [0.05, 0.1) is 45.3 Å². The van der Waals surface area contributed by atoms with Crippen LogP contribution < -0.4 is 25.0 Å². The quantitative estimate of drug-likeness (QED) is 0.472. The number of nitrogens with zero attached hydrogens (tertiary/aromatic N) is 1. The summed E-state index contributed by atoms with van der Waals surface area (Å²) in [6.45, 7) is 1.62. The zero-order valence-electron chi connectivity index (χ0n) is 19.8. The summed E-state index contributed by atoms with van der Waals surface area (Å²) < 4.78 is 56.0. The van der Waals surface area contributed by atoms with Crippen molar-refractivity contribution >= 4 is 17.4 Å².